The second kappa shape index (κ2) is 7.79. The average molecular weight is 287 g/mol. The van der Waals surface area contributed by atoms with E-state index in [1.54, 1.807) is 0 Å². The van der Waals surface area contributed by atoms with Crippen molar-refractivity contribution in [1.82, 2.24) is 0 Å². The number of rotatable bonds is 7. The maximum atomic E-state index is 10.5. The van der Waals surface area contributed by atoms with E-state index in [-0.39, 0.29) is 6.61 Å². The Hall–Kier alpha value is -2.69. The molecule has 110 valence electrons. The number of hydrogen-bond acceptors (Lipinski definition) is 4. The predicted molar refractivity (Wildman–Crippen MR) is 78.2 cm³/mol. The van der Waals surface area contributed by atoms with Crippen LogP contribution in [0.3, 0.4) is 0 Å². The largest absolute Gasteiger partial charge is 0.490 e. The van der Waals surface area contributed by atoms with Gasteiger partial charge in [0.05, 0.1) is 0 Å². The molecule has 0 unspecified atom stereocenters. The molecule has 2 aromatic carbocycles. The second-order valence-corrected chi connectivity index (χ2v) is 4.26. The van der Waals surface area contributed by atoms with Gasteiger partial charge in [-0.1, -0.05) is 30.3 Å². The zero-order valence-corrected chi connectivity index (χ0v) is 11.5. The third-order valence-electron chi connectivity index (χ3n) is 2.67. The molecule has 5 nitrogen and oxygen atoms in total. The van der Waals surface area contributed by atoms with Gasteiger partial charge in [0, 0.05) is 0 Å². The van der Waals surface area contributed by atoms with Gasteiger partial charge in [-0.25, -0.2) is 4.79 Å². The van der Waals surface area contributed by atoms with Gasteiger partial charge in [-0.05, 0) is 29.8 Å². The van der Waals surface area contributed by atoms with Crippen molar-refractivity contribution in [2.75, 3.05) is 13.2 Å². The number of benzene rings is 2. The summed E-state index contributed by atoms with van der Waals surface area (Å²) in [5.74, 6) is 1.55. The summed E-state index contributed by atoms with van der Waals surface area (Å²) in [6.07, 6.45) is -0.784. The van der Waals surface area contributed by atoms with Crippen molar-refractivity contribution >= 4 is 6.09 Å². The molecule has 0 radical (unpaired) electrons. The van der Waals surface area contributed by atoms with E-state index in [0.717, 1.165) is 17.1 Å². The average Bonchev–Trinajstić information content (AvgIpc) is 2.52. The van der Waals surface area contributed by atoms with Gasteiger partial charge in [0.15, 0.2) is 0 Å². The number of nitrogens with two attached hydrogens (primary N) is 1. The molecule has 0 spiro atoms. The SMILES string of the molecule is NC(=O)OCc1ccc(OCCOc2ccccc2)cc1. The Morgan fingerprint density at radius 2 is 1.43 bits per heavy atom. The molecule has 0 fully saturated rings. The van der Waals surface area contributed by atoms with Crippen LogP contribution in [0.25, 0.3) is 0 Å². The van der Waals surface area contributed by atoms with Gasteiger partial charge in [-0.15, -0.1) is 0 Å². The van der Waals surface area contributed by atoms with E-state index in [1.165, 1.54) is 0 Å². The van der Waals surface area contributed by atoms with Crippen LogP contribution in [0.15, 0.2) is 54.6 Å². The van der Waals surface area contributed by atoms with Crippen LogP contribution in [-0.4, -0.2) is 19.3 Å². The van der Waals surface area contributed by atoms with E-state index in [1.807, 2.05) is 54.6 Å². The van der Waals surface area contributed by atoms with E-state index in [4.69, 9.17) is 19.9 Å². The highest BCUT2D eigenvalue weighted by atomic mass is 16.5. The van der Waals surface area contributed by atoms with Gasteiger partial charge in [0.25, 0.3) is 0 Å². The van der Waals surface area contributed by atoms with Crippen molar-refractivity contribution in [1.29, 1.82) is 0 Å². The summed E-state index contributed by atoms with van der Waals surface area (Å²) in [6, 6.07) is 16.8. The minimum absolute atomic E-state index is 0.159. The minimum atomic E-state index is -0.784. The van der Waals surface area contributed by atoms with Crippen LogP contribution in [0, 0.1) is 0 Å². The van der Waals surface area contributed by atoms with Crippen LogP contribution in [-0.2, 0) is 11.3 Å². The summed E-state index contributed by atoms with van der Waals surface area (Å²) in [4.78, 5) is 10.5. The van der Waals surface area contributed by atoms with Crippen molar-refractivity contribution in [3.63, 3.8) is 0 Å². The highest BCUT2D eigenvalue weighted by Crippen LogP contribution is 2.13. The number of amides is 1. The molecule has 0 aromatic heterocycles. The maximum Gasteiger partial charge on any atom is 0.404 e. The molecule has 0 saturated heterocycles. The molecular formula is C16H17NO4. The monoisotopic (exact) mass is 287 g/mol. The third-order valence-corrected chi connectivity index (χ3v) is 2.67. The smallest absolute Gasteiger partial charge is 0.404 e. The topological polar surface area (TPSA) is 70.8 Å². The van der Waals surface area contributed by atoms with Crippen molar-refractivity contribution in [2.24, 2.45) is 5.73 Å². The molecule has 1 amide bonds. The Kier molecular flexibility index (Phi) is 5.46. The Morgan fingerprint density at radius 1 is 0.857 bits per heavy atom. The lowest BCUT2D eigenvalue weighted by molar-refractivity contribution is 0.150. The number of primary amides is 1. The summed E-state index contributed by atoms with van der Waals surface area (Å²) < 4.78 is 15.8. The van der Waals surface area contributed by atoms with Crippen LogP contribution < -0.4 is 15.2 Å². The minimum Gasteiger partial charge on any atom is -0.490 e. The fourth-order valence-corrected chi connectivity index (χ4v) is 1.67. The quantitative estimate of drug-likeness (QED) is 0.795. The fraction of sp³-hybridized carbons (Fsp3) is 0.188. The molecule has 2 aromatic rings. The molecule has 5 heteroatoms. The van der Waals surface area contributed by atoms with Crippen LogP contribution in [0.1, 0.15) is 5.56 Å². The highest BCUT2D eigenvalue weighted by molar-refractivity contribution is 5.64. The molecule has 0 aliphatic carbocycles. The molecule has 2 N–H and O–H groups in total. The standard InChI is InChI=1S/C16H17NO4/c17-16(18)21-12-13-6-8-15(9-7-13)20-11-10-19-14-4-2-1-3-5-14/h1-9H,10-12H2,(H2,17,18). The number of carbonyl (C=O) groups is 1. The summed E-state index contributed by atoms with van der Waals surface area (Å²) >= 11 is 0. The Labute approximate surface area is 123 Å². The predicted octanol–water partition coefficient (Wildman–Crippen LogP) is 2.74. The molecule has 0 aliphatic rings. The number of para-hydroxylation sites is 1. The van der Waals surface area contributed by atoms with Crippen molar-refractivity contribution in [2.45, 2.75) is 6.61 Å². The molecule has 2 rings (SSSR count). The second-order valence-electron chi connectivity index (χ2n) is 4.26. The summed E-state index contributed by atoms with van der Waals surface area (Å²) in [7, 11) is 0. The number of carbonyl (C=O) groups excluding carboxylic acids is 1. The Bertz CT molecular complexity index is 554. The number of ether oxygens (including phenoxy) is 3. The van der Waals surface area contributed by atoms with E-state index in [0.29, 0.717) is 13.2 Å². The first-order valence-electron chi connectivity index (χ1n) is 6.56. The van der Waals surface area contributed by atoms with Crippen LogP contribution in [0.4, 0.5) is 4.79 Å². The lowest BCUT2D eigenvalue weighted by atomic mass is 10.2. The summed E-state index contributed by atoms with van der Waals surface area (Å²) in [5.41, 5.74) is 5.75. The Morgan fingerprint density at radius 3 is 2.00 bits per heavy atom. The Balaban J connectivity index is 1.70. The van der Waals surface area contributed by atoms with Crippen molar-refractivity contribution < 1.29 is 19.0 Å². The molecule has 0 saturated carbocycles. The molecular weight excluding hydrogens is 270 g/mol. The zero-order chi connectivity index (χ0) is 14.9. The van der Waals surface area contributed by atoms with Crippen molar-refractivity contribution in [3.8, 4) is 11.5 Å². The van der Waals surface area contributed by atoms with E-state index < -0.39 is 6.09 Å². The van der Waals surface area contributed by atoms with Gasteiger partial charge in [-0.3, -0.25) is 0 Å². The van der Waals surface area contributed by atoms with Gasteiger partial charge >= 0.3 is 6.09 Å². The fourth-order valence-electron chi connectivity index (χ4n) is 1.67. The lowest BCUT2D eigenvalue weighted by Crippen LogP contribution is -2.12. The van der Waals surface area contributed by atoms with Gasteiger partial charge < -0.3 is 19.9 Å². The van der Waals surface area contributed by atoms with Gasteiger partial charge in [0.1, 0.15) is 31.3 Å². The first-order valence-corrected chi connectivity index (χ1v) is 6.56. The molecule has 0 bridgehead atoms. The zero-order valence-electron chi connectivity index (χ0n) is 11.5. The lowest BCUT2D eigenvalue weighted by Gasteiger charge is -2.09. The molecule has 21 heavy (non-hydrogen) atoms. The summed E-state index contributed by atoms with van der Waals surface area (Å²) in [6.45, 7) is 1.08. The third kappa shape index (κ3) is 5.44. The van der Waals surface area contributed by atoms with E-state index in [2.05, 4.69) is 0 Å². The van der Waals surface area contributed by atoms with Crippen LogP contribution in [0.2, 0.25) is 0 Å². The van der Waals surface area contributed by atoms with Crippen LogP contribution >= 0.6 is 0 Å². The summed E-state index contributed by atoms with van der Waals surface area (Å²) in [5, 5.41) is 0. The van der Waals surface area contributed by atoms with E-state index in [9.17, 15) is 4.79 Å². The normalized spacial score (nSPS) is 9.90. The first-order chi connectivity index (χ1) is 10.2. The van der Waals surface area contributed by atoms with Crippen molar-refractivity contribution in [3.05, 3.63) is 60.2 Å². The maximum absolute atomic E-state index is 10.5. The van der Waals surface area contributed by atoms with Gasteiger partial charge in [-0.2, -0.15) is 0 Å². The van der Waals surface area contributed by atoms with Crippen LogP contribution in [0.5, 0.6) is 11.5 Å². The highest BCUT2D eigenvalue weighted by Gasteiger charge is 1.99. The molecule has 0 heterocycles. The van der Waals surface area contributed by atoms with E-state index >= 15 is 0 Å². The molecule has 0 atom stereocenters. The molecule has 0 aliphatic heterocycles. The first kappa shape index (κ1) is 14.7. The van der Waals surface area contributed by atoms with Gasteiger partial charge in [0.2, 0.25) is 0 Å². The number of hydrogen-bond donors (Lipinski definition) is 1.